The number of nitrogens with zero attached hydrogens (tertiary/aromatic N) is 2. The lowest BCUT2D eigenvalue weighted by Crippen LogP contribution is -2.19. The first-order chi connectivity index (χ1) is 8.09. The third kappa shape index (κ3) is 2.63. The van der Waals surface area contributed by atoms with Gasteiger partial charge in [-0.25, -0.2) is 0 Å². The number of anilines is 1. The molecular weight excluding hydrogens is 331 g/mol. The number of rotatable bonds is 4. The monoisotopic (exact) mass is 346 g/mol. The molecule has 0 bridgehead atoms. The number of nitrogens with two attached hydrogens (primary N) is 1. The van der Waals surface area contributed by atoms with Crippen molar-refractivity contribution in [1.29, 1.82) is 0 Å². The molecule has 0 unspecified atom stereocenters. The average molecular weight is 346 g/mol. The highest BCUT2D eigenvalue weighted by Crippen LogP contribution is 2.31. The number of fused-ring (bicyclic) bond motifs is 1. The van der Waals surface area contributed by atoms with Crippen LogP contribution >= 0.6 is 22.6 Å². The van der Waals surface area contributed by atoms with Gasteiger partial charge in [0.15, 0.2) is 5.82 Å². The van der Waals surface area contributed by atoms with E-state index in [4.69, 9.17) is 10.5 Å². The molecule has 1 aromatic heterocycles. The minimum atomic E-state index is 0.516. The van der Waals surface area contributed by atoms with Crippen LogP contribution in [0.3, 0.4) is 0 Å². The summed E-state index contributed by atoms with van der Waals surface area (Å²) < 4.78 is 6.80. The van der Waals surface area contributed by atoms with E-state index in [-0.39, 0.29) is 0 Å². The molecule has 0 aliphatic heterocycles. The van der Waals surface area contributed by atoms with E-state index >= 15 is 0 Å². The summed E-state index contributed by atoms with van der Waals surface area (Å²) in [7, 11) is 4.03. The fourth-order valence-corrected chi connectivity index (χ4v) is 2.28. The number of hydrogen-bond donors (Lipinski definition) is 2. The Bertz CT molecular complexity index is 523. The van der Waals surface area contributed by atoms with E-state index in [1.54, 1.807) is 0 Å². The standard InChI is InChI=1S/C11H15IN4O/c1-16(2)5-6-17-8-4-3-7(12)9-10(8)14-15-11(9)13/h3-4H,5-6H2,1-2H3,(H3,13,14,15). The van der Waals surface area contributed by atoms with Gasteiger partial charge in [0.1, 0.15) is 17.9 Å². The van der Waals surface area contributed by atoms with Crippen LogP contribution < -0.4 is 10.5 Å². The van der Waals surface area contributed by atoms with Crippen LogP contribution in [0.5, 0.6) is 5.75 Å². The molecule has 17 heavy (non-hydrogen) atoms. The zero-order valence-electron chi connectivity index (χ0n) is 9.83. The predicted molar refractivity (Wildman–Crippen MR) is 77.3 cm³/mol. The summed E-state index contributed by atoms with van der Waals surface area (Å²) in [6, 6.07) is 3.93. The molecule has 0 saturated carbocycles. The van der Waals surface area contributed by atoms with E-state index in [0.717, 1.165) is 26.8 Å². The quantitative estimate of drug-likeness (QED) is 0.827. The van der Waals surface area contributed by atoms with E-state index in [1.165, 1.54) is 0 Å². The van der Waals surface area contributed by atoms with Crippen molar-refractivity contribution in [2.45, 2.75) is 0 Å². The predicted octanol–water partition coefficient (Wildman–Crippen LogP) is 1.69. The van der Waals surface area contributed by atoms with Crippen molar-refractivity contribution < 1.29 is 4.74 Å². The van der Waals surface area contributed by atoms with Gasteiger partial charge in [-0.3, -0.25) is 5.10 Å². The lowest BCUT2D eigenvalue weighted by molar-refractivity contribution is 0.263. The molecule has 0 aliphatic rings. The molecule has 6 heteroatoms. The first kappa shape index (κ1) is 12.4. The molecule has 3 N–H and O–H groups in total. The summed E-state index contributed by atoms with van der Waals surface area (Å²) in [5.41, 5.74) is 6.68. The van der Waals surface area contributed by atoms with E-state index < -0.39 is 0 Å². The van der Waals surface area contributed by atoms with Gasteiger partial charge in [-0.2, -0.15) is 5.10 Å². The topological polar surface area (TPSA) is 67.2 Å². The van der Waals surface area contributed by atoms with Gasteiger partial charge < -0.3 is 15.4 Å². The molecule has 0 atom stereocenters. The van der Waals surface area contributed by atoms with Gasteiger partial charge in [0, 0.05) is 10.1 Å². The van der Waals surface area contributed by atoms with Gasteiger partial charge in [0.25, 0.3) is 0 Å². The van der Waals surface area contributed by atoms with E-state index in [1.807, 2.05) is 26.2 Å². The highest BCUT2D eigenvalue weighted by Gasteiger charge is 2.11. The maximum Gasteiger partial charge on any atom is 0.154 e. The molecule has 0 aliphatic carbocycles. The first-order valence-electron chi connectivity index (χ1n) is 5.29. The van der Waals surface area contributed by atoms with Crippen LogP contribution in [0.2, 0.25) is 0 Å². The molecule has 92 valence electrons. The second-order valence-corrected chi connectivity index (χ2v) is 5.22. The molecule has 1 heterocycles. The molecule has 0 saturated heterocycles. The van der Waals surface area contributed by atoms with Crippen LogP contribution in [0.25, 0.3) is 10.9 Å². The zero-order valence-corrected chi connectivity index (χ0v) is 12.0. The minimum absolute atomic E-state index is 0.516. The van der Waals surface area contributed by atoms with Gasteiger partial charge >= 0.3 is 0 Å². The second-order valence-electron chi connectivity index (χ2n) is 4.06. The van der Waals surface area contributed by atoms with Crippen molar-refractivity contribution in [1.82, 2.24) is 15.1 Å². The number of aromatic nitrogens is 2. The summed E-state index contributed by atoms with van der Waals surface area (Å²) in [5.74, 6) is 1.31. The summed E-state index contributed by atoms with van der Waals surface area (Å²) in [5, 5.41) is 7.87. The van der Waals surface area contributed by atoms with Crippen molar-refractivity contribution >= 4 is 39.3 Å². The van der Waals surface area contributed by atoms with Crippen molar-refractivity contribution in [2.75, 3.05) is 33.0 Å². The third-order valence-electron chi connectivity index (χ3n) is 2.46. The van der Waals surface area contributed by atoms with Crippen LogP contribution in [0.1, 0.15) is 0 Å². The summed E-state index contributed by atoms with van der Waals surface area (Å²) >= 11 is 2.24. The molecular formula is C11H15IN4O. The molecule has 0 amide bonds. The number of nitrogens with one attached hydrogen (secondary N) is 1. The molecule has 2 rings (SSSR count). The van der Waals surface area contributed by atoms with Gasteiger partial charge in [-0.05, 0) is 48.8 Å². The first-order valence-corrected chi connectivity index (χ1v) is 6.37. The Balaban J connectivity index is 2.26. The number of nitrogen functional groups attached to an aromatic ring is 1. The summed E-state index contributed by atoms with van der Waals surface area (Å²) in [4.78, 5) is 2.07. The Morgan fingerprint density at radius 1 is 1.47 bits per heavy atom. The molecule has 5 nitrogen and oxygen atoms in total. The van der Waals surface area contributed by atoms with Crippen LogP contribution in [-0.2, 0) is 0 Å². The maximum absolute atomic E-state index is 5.81. The van der Waals surface area contributed by atoms with Crippen molar-refractivity contribution in [3.05, 3.63) is 15.7 Å². The van der Waals surface area contributed by atoms with Crippen molar-refractivity contribution in [2.24, 2.45) is 0 Å². The normalized spacial score (nSPS) is 11.3. The summed E-state index contributed by atoms with van der Waals surface area (Å²) in [6.07, 6.45) is 0. The van der Waals surface area contributed by atoms with E-state index in [2.05, 4.69) is 37.7 Å². The third-order valence-corrected chi connectivity index (χ3v) is 3.36. The molecule has 2 aromatic rings. The van der Waals surface area contributed by atoms with Crippen LogP contribution in [0.15, 0.2) is 12.1 Å². The molecule has 1 aromatic carbocycles. The maximum atomic E-state index is 5.81. The number of ether oxygens (including phenoxy) is 1. The minimum Gasteiger partial charge on any atom is -0.490 e. The van der Waals surface area contributed by atoms with Gasteiger partial charge in [-0.15, -0.1) is 0 Å². The molecule has 0 fully saturated rings. The highest BCUT2D eigenvalue weighted by molar-refractivity contribution is 14.1. The van der Waals surface area contributed by atoms with Crippen molar-refractivity contribution in [3.8, 4) is 5.75 Å². The molecule has 0 radical (unpaired) electrons. The summed E-state index contributed by atoms with van der Waals surface area (Å²) in [6.45, 7) is 1.51. The fraction of sp³-hybridized carbons (Fsp3) is 0.364. The fourth-order valence-electron chi connectivity index (χ4n) is 1.55. The Morgan fingerprint density at radius 3 is 2.94 bits per heavy atom. The largest absolute Gasteiger partial charge is 0.490 e. The van der Waals surface area contributed by atoms with Gasteiger partial charge in [-0.1, -0.05) is 0 Å². The second kappa shape index (κ2) is 5.09. The average Bonchev–Trinajstić information content (AvgIpc) is 2.65. The Labute approximate surface area is 113 Å². The van der Waals surface area contributed by atoms with Gasteiger partial charge in [0.2, 0.25) is 0 Å². The molecule has 0 spiro atoms. The van der Waals surface area contributed by atoms with E-state index in [9.17, 15) is 0 Å². The van der Waals surface area contributed by atoms with Crippen LogP contribution in [0.4, 0.5) is 5.82 Å². The number of H-pyrrole nitrogens is 1. The Hall–Kier alpha value is -1.02. The van der Waals surface area contributed by atoms with Gasteiger partial charge in [0.05, 0.1) is 5.39 Å². The number of benzene rings is 1. The highest BCUT2D eigenvalue weighted by atomic mass is 127. The number of aromatic amines is 1. The lowest BCUT2D eigenvalue weighted by atomic mass is 10.2. The van der Waals surface area contributed by atoms with Crippen molar-refractivity contribution in [3.63, 3.8) is 0 Å². The van der Waals surface area contributed by atoms with Crippen LogP contribution in [0, 0.1) is 3.57 Å². The number of likely N-dealkylation sites (N-methyl/N-ethyl adjacent to an activating group) is 1. The number of hydrogen-bond acceptors (Lipinski definition) is 4. The SMILES string of the molecule is CN(C)CCOc1ccc(I)c2c(N)n[nH]c12. The van der Waals surface area contributed by atoms with E-state index in [0.29, 0.717) is 12.4 Å². The smallest absolute Gasteiger partial charge is 0.154 e. The Kier molecular flexibility index (Phi) is 3.72. The number of halogens is 1. The van der Waals surface area contributed by atoms with Crippen LogP contribution in [-0.4, -0.2) is 42.3 Å². The lowest BCUT2D eigenvalue weighted by Gasteiger charge is -2.11. The zero-order chi connectivity index (χ0) is 12.4. The Morgan fingerprint density at radius 2 is 2.24 bits per heavy atom.